The van der Waals surface area contributed by atoms with E-state index in [1.54, 1.807) is 15.9 Å². The van der Waals surface area contributed by atoms with Crippen LogP contribution in [0.15, 0.2) is 63.2 Å². The molecule has 5 nitrogen and oxygen atoms in total. The predicted molar refractivity (Wildman–Crippen MR) is 123 cm³/mol. The molecule has 0 aliphatic rings. The Labute approximate surface area is 180 Å². The average molecular weight is 442 g/mol. The van der Waals surface area contributed by atoms with E-state index >= 15 is 0 Å². The van der Waals surface area contributed by atoms with Crippen molar-refractivity contribution in [3.63, 3.8) is 0 Å². The minimum absolute atomic E-state index is 0.0699. The van der Waals surface area contributed by atoms with Crippen molar-refractivity contribution in [3.05, 3.63) is 63.6 Å². The van der Waals surface area contributed by atoms with Crippen molar-refractivity contribution in [1.29, 1.82) is 0 Å². The average Bonchev–Trinajstić information content (AvgIpc) is 3.36. The number of aromatic nitrogens is 2. The molecule has 1 aromatic carbocycles. The van der Waals surface area contributed by atoms with Gasteiger partial charge in [-0.15, -0.1) is 22.7 Å². The topological polar surface area (TPSA) is 64.0 Å². The number of nitrogens with one attached hydrogen (secondary N) is 1. The predicted octanol–water partition coefficient (Wildman–Crippen LogP) is 4.79. The van der Waals surface area contributed by atoms with E-state index in [1.807, 2.05) is 67.1 Å². The number of thioether (sulfide) groups is 1. The third-order valence-electron chi connectivity index (χ3n) is 4.16. The second-order valence-corrected chi connectivity index (χ2v) is 9.44. The van der Waals surface area contributed by atoms with Crippen LogP contribution in [0.3, 0.4) is 0 Å². The van der Waals surface area contributed by atoms with Crippen LogP contribution < -0.4 is 10.9 Å². The van der Waals surface area contributed by atoms with E-state index < -0.39 is 0 Å². The smallest absolute Gasteiger partial charge is 0.268 e. The van der Waals surface area contributed by atoms with Gasteiger partial charge in [-0.1, -0.05) is 36.0 Å². The lowest BCUT2D eigenvalue weighted by molar-refractivity contribution is -0.119. The quantitative estimate of drug-likeness (QED) is 0.345. The SMILES string of the molecule is CC(C)NC(=O)CSc1nc2scc(-c3cccs3)c2c(=O)n1-c1ccccc1. The van der Waals surface area contributed by atoms with E-state index in [2.05, 4.69) is 5.32 Å². The van der Waals surface area contributed by atoms with Gasteiger partial charge in [0.15, 0.2) is 5.16 Å². The Morgan fingerprint density at radius 2 is 1.97 bits per heavy atom. The summed E-state index contributed by atoms with van der Waals surface area (Å²) >= 11 is 4.34. The van der Waals surface area contributed by atoms with Crippen molar-refractivity contribution in [2.75, 3.05) is 5.75 Å². The minimum atomic E-state index is -0.113. The number of carbonyl (C=O) groups excluding carboxylic acids is 1. The van der Waals surface area contributed by atoms with Crippen molar-refractivity contribution in [3.8, 4) is 16.1 Å². The molecule has 0 aliphatic carbocycles. The lowest BCUT2D eigenvalue weighted by Crippen LogP contribution is -2.32. The van der Waals surface area contributed by atoms with E-state index in [9.17, 15) is 9.59 Å². The summed E-state index contributed by atoms with van der Waals surface area (Å²) in [5.41, 5.74) is 1.54. The van der Waals surface area contributed by atoms with Crippen molar-refractivity contribution in [1.82, 2.24) is 14.9 Å². The van der Waals surface area contributed by atoms with Gasteiger partial charge in [-0.05, 0) is 37.4 Å². The van der Waals surface area contributed by atoms with Gasteiger partial charge in [0, 0.05) is 21.9 Å². The molecule has 0 unspecified atom stereocenters. The van der Waals surface area contributed by atoms with Crippen LogP contribution in [0.5, 0.6) is 0 Å². The maximum atomic E-state index is 13.6. The molecule has 8 heteroatoms. The summed E-state index contributed by atoms with van der Waals surface area (Å²) in [4.78, 5) is 32.2. The third-order valence-corrected chi connectivity index (χ3v) is 6.87. The summed E-state index contributed by atoms with van der Waals surface area (Å²) in [6, 6.07) is 13.5. The monoisotopic (exact) mass is 441 g/mol. The Bertz CT molecular complexity index is 1200. The number of thiophene rings is 2. The zero-order chi connectivity index (χ0) is 20.4. The van der Waals surface area contributed by atoms with Crippen LogP contribution in [-0.4, -0.2) is 27.3 Å². The molecule has 0 atom stereocenters. The minimum Gasteiger partial charge on any atom is -0.353 e. The molecule has 0 saturated carbocycles. The van der Waals surface area contributed by atoms with Gasteiger partial charge < -0.3 is 5.32 Å². The van der Waals surface area contributed by atoms with Crippen molar-refractivity contribution in [2.24, 2.45) is 0 Å². The molecule has 1 amide bonds. The summed E-state index contributed by atoms with van der Waals surface area (Å²) in [6.07, 6.45) is 0. The number of nitrogens with zero attached hydrogens (tertiary/aromatic N) is 2. The maximum absolute atomic E-state index is 13.6. The first-order chi connectivity index (χ1) is 14.0. The van der Waals surface area contributed by atoms with E-state index in [1.165, 1.54) is 23.1 Å². The highest BCUT2D eigenvalue weighted by Crippen LogP contribution is 2.35. The van der Waals surface area contributed by atoms with E-state index in [-0.39, 0.29) is 23.3 Å². The van der Waals surface area contributed by atoms with Crippen LogP contribution in [0.4, 0.5) is 0 Å². The summed E-state index contributed by atoms with van der Waals surface area (Å²) in [5, 5.41) is 8.00. The van der Waals surface area contributed by atoms with Gasteiger partial charge in [-0.3, -0.25) is 14.2 Å². The molecular formula is C21H19N3O2S3. The number of hydrogen-bond acceptors (Lipinski definition) is 6. The van der Waals surface area contributed by atoms with Crippen LogP contribution in [-0.2, 0) is 4.79 Å². The first-order valence-corrected chi connectivity index (χ1v) is 11.8. The summed E-state index contributed by atoms with van der Waals surface area (Å²) in [7, 11) is 0. The number of carbonyl (C=O) groups is 1. The number of rotatable bonds is 6. The third kappa shape index (κ3) is 4.14. The van der Waals surface area contributed by atoms with Crippen molar-refractivity contribution < 1.29 is 4.79 Å². The molecule has 0 spiro atoms. The standard InChI is InChI=1S/C21H19N3O2S3/c1-13(2)22-17(25)12-29-21-23-19-18(15(11-28-19)16-9-6-10-27-16)20(26)24(21)14-7-4-3-5-8-14/h3-11,13H,12H2,1-2H3,(H,22,25). The van der Waals surface area contributed by atoms with Gasteiger partial charge in [0.25, 0.3) is 5.56 Å². The lowest BCUT2D eigenvalue weighted by Gasteiger charge is -2.13. The van der Waals surface area contributed by atoms with E-state index in [0.29, 0.717) is 15.4 Å². The molecule has 3 aromatic heterocycles. The second-order valence-electron chi connectivity index (χ2n) is 6.69. The molecule has 0 bridgehead atoms. The maximum Gasteiger partial charge on any atom is 0.268 e. The summed E-state index contributed by atoms with van der Waals surface area (Å²) in [5.74, 6) is 0.121. The fourth-order valence-electron chi connectivity index (χ4n) is 2.98. The molecule has 1 N–H and O–H groups in total. The first kappa shape index (κ1) is 19.9. The van der Waals surface area contributed by atoms with Gasteiger partial charge >= 0.3 is 0 Å². The number of hydrogen-bond donors (Lipinski definition) is 1. The second kappa shape index (κ2) is 8.52. The molecule has 0 radical (unpaired) electrons. The highest BCUT2D eigenvalue weighted by molar-refractivity contribution is 7.99. The first-order valence-electron chi connectivity index (χ1n) is 9.10. The van der Waals surface area contributed by atoms with Gasteiger partial charge in [-0.2, -0.15) is 0 Å². The molecule has 0 fully saturated rings. The van der Waals surface area contributed by atoms with Crippen LogP contribution in [0.1, 0.15) is 13.8 Å². The Morgan fingerprint density at radius 1 is 1.17 bits per heavy atom. The summed E-state index contributed by atoms with van der Waals surface area (Å²) in [6.45, 7) is 3.84. The number of benzene rings is 1. The highest BCUT2D eigenvalue weighted by atomic mass is 32.2. The Kier molecular flexibility index (Phi) is 5.84. The van der Waals surface area contributed by atoms with Gasteiger partial charge in [0.2, 0.25) is 5.91 Å². The van der Waals surface area contributed by atoms with Gasteiger partial charge in [-0.25, -0.2) is 4.98 Å². The molecule has 0 saturated heterocycles. The molecule has 4 aromatic rings. The van der Waals surface area contributed by atoms with Crippen LogP contribution in [0.2, 0.25) is 0 Å². The van der Waals surface area contributed by atoms with Crippen LogP contribution >= 0.6 is 34.4 Å². The number of para-hydroxylation sites is 1. The highest BCUT2D eigenvalue weighted by Gasteiger charge is 2.19. The van der Waals surface area contributed by atoms with Crippen molar-refractivity contribution in [2.45, 2.75) is 25.0 Å². The Balaban J connectivity index is 1.84. The van der Waals surface area contributed by atoms with Gasteiger partial charge in [0.05, 0.1) is 16.8 Å². The van der Waals surface area contributed by atoms with Gasteiger partial charge in [0.1, 0.15) is 4.83 Å². The van der Waals surface area contributed by atoms with Crippen LogP contribution in [0, 0.1) is 0 Å². The van der Waals surface area contributed by atoms with E-state index in [4.69, 9.17) is 4.98 Å². The number of fused-ring (bicyclic) bond motifs is 1. The molecular weight excluding hydrogens is 422 g/mol. The Hall–Kier alpha value is -2.42. The molecule has 148 valence electrons. The Morgan fingerprint density at radius 3 is 2.66 bits per heavy atom. The molecule has 4 rings (SSSR count). The molecule has 3 heterocycles. The van der Waals surface area contributed by atoms with Crippen LogP contribution in [0.25, 0.3) is 26.3 Å². The zero-order valence-corrected chi connectivity index (χ0v) is 18.4. The lowest BCUT2D eigenvalue weighted by atomic mass is 10.2. The molecule has 0 aliphatic heterocycles. The summed E-state index contributed by atoms with van der Waals surface area (Å²) < 4.78 is 1.61. The van der Waals surface area contributed by atoms with Crippen molar-refractivity contribution >= 4 is 50.6 Å². The number of amides is 1. The fraction of sp³-hybridized carbons (Fsp3) is 0.190. The normalized spacial score (nSPS) is 11.3. The zero-order valence-electron chi connectivity index (χ0n) is 15.9. The van der Waals surface area contributed by atoms with E-state index in [0.717, 1.165) is 16.1 Å². The largest absolute Gasteiger partial charge is 0.353 e. The molecule has 29 heavy (non-hydrogen) atoms. The fourth-order valence-corrected chi connectivity index (χ4v) is 5.61.